The van der Waals surface area contributed by atoms with Crippen LogP contribution >= 0.6 is 11.3 Å². The predicted octanol–water partition coefficient (Wildman–Crippen LogP) is 2.20. The summed E-state index contributed by atoms with van der Waals surface area (Å²) >= 11 is 1.83. The van der Waals surface area contributed by atoms with Crippen molar-refractivity contribution in [1.29, 1.82) is 0 Å². The molecule has 1 aromatic heterocycles. The summed E-state index contributed by atoms with van der Waals surface area (Å²) in [5.41, 5.74) is 0.355. The minimum atomic E-state index is 0.342. The van der Waals surface area contributed by atoms with Crippen molar-refractivity contribution in [3.05, 3.63) is 22.4 Å². The highest BCUT2D eigenvalue weighted by Crippen LogP contribution is 2.38. The maximum absolute atomic E-state index is 5.69. The Labute approximate surface area is 166 Å². The van der Waals surface area contributed by atoms with Crippen LogP contribution in [0.5, 0.6) is 0 Å². The lowest BCUT2D eigenvalue weighted by molar-refractivity contribution is 0.0186. The Morgan fingerprint density at radius 2 is 2.15 bits per heavy atom. The van der Waals surface area contributed by atoms with Crippen LogP contribution in [0.2, 0.25) is 0 Å². The quantitative estimate of drug-likeness (QED) is 0.615. The molecule has 2 unspecified atom stereocenters. The summed E-state index contributed by atoms with van der Waals surface area (Å²) in [5.74, 6) is 1.07. The molecular formula is C20H32N4O2S. The molecule has 2 atom stereocenters. The van der Waals surface area contributed by atoms with Gasteiger partial charge in [-0.25, -0.2) is 0 Å². The first kappa shape index (κ1) is 19.2. The highest BCUT2D eigenvalue weighted by atomic mass is 32.1. The molecule has 3 fully saturated rings. The summed E-state index contributed by atoms with van der Waals surface area (Å²) in [6.07, 6.45) is 2.41. The Morgan fingerprint density at radius 1 is 1.26 bits per heavy atom. The van der Waals surface area contributed by atoms with Gasteiger partial charge in [0.1, 0.15) is 0 Å². The van der Waals surface area contributed by atoms with Crippen molar-refractivity contribution in [2.24, 2.45) is 10.4 Å². The van der Waals surface area contributed by atoms with Crippen molar-refractivity contribution < 1.29 is 9.47 Å². The lowest BCUT2D eigenvalue weighted by atomic mass is 9.87. The van der Waals surface area contributed by atoms with Crippen LogP contribution in [0.15, 0.2) is 22.5 Å². The summed E-state index contributed by atoms with van der Waals surface area (Å²) in [5, 5.41) is 5.70. The maximum Gasteiger partial charge on any atom is 0.194 e. The Balaban J connectivity index is 1.47. The van der Waals surface area contributed by atoms with Crippen LogP contribution in [-0.2, 0) is 9.47 Å². The molecule has 1 spiro atoms. The SMILES string of the molecule is CCNC(=NCC(c1cccs1)N1CCOCC1)N1CCC2(CCOC2)C1. The maximum atomic E-state index is 5.69. The Bertz CT molecular complexity index is 610. The smallest absolute Gasteiger partial charge is 0.194 e. The average Bonchev–Trinajstić information content (AvgIpc) is 3.46. The normalized spacial score (nSPS) is 28.2. The van der Waals surface area contributed by atoms with Crippen molar-refractivity contribution >= 4 is 17.3 Å². The molecule has 0 radical (unpaired) electrons. The third kappa shape index (κ3) is 4.47. The van der Waals surface area contributed by atoms with E-state index in [1.54, 1.807) is 0 Å². The number of hydrogen-bond donors (Lipinski definition) is 1. The average molecular weight is 393 g/mol. The number of nitrogens with one attached hydrogen (secondary N) is 1. The van der Waals surface area contributed by atoms with Crippen molar-refractivity contribution in [2.45, 2.75) is 25.8 Å². The number of nitrogens with zero attached hydrogens (tertiary/aromatic N) is 3. The minimum Gasteiger partial charge on any atom is -0.381 e. The van der Waals surface area contributed by atoms with E-state index in [4.69, 9.17) is 14.5 Å². The molecule has 1 N–H and O–H groups in total. The molecule has 6 nitrogen and oxygen atoms in total. The van der Waals surface area contributed by atoms with Crippen LogP contribution in [0, 0.1) is 5.41 Å². The van der Waals surface area contributed by atoms with Crippen molar-refractivity contribution in [2.75, 3.05) is 65.7 Å². The highest BCUT2D eigenvalue weighted by molar-refractivity contribution is 7.10. The third-order valence-corrected chi connectivity index (χ3v) is 7.00. The molecule has 3 saturated heterocycles. The molecule has 0 amide bonds. The van der Waals surface area contributed by atoms with E-state index >= 15 is 0 Å². The fourth-order valence-electron chi connectivity index (χ4n) is 4.44. The molecule has 4 heterocycles. The lowest BCUT2D eigenvalue weighted by Gasteiger charge is -2.33. The van der Waals surface area contributed by atoms with E-state index in [9.17, 15) is 0 Å². The summed E-state index contributed by atoms with van der Waals surface area (Å²) in [7, 11) is 0. The fraction of sp³-hybridized carbons (Fsp3) is 0.750. The zero-order chi connectivity index (χ0) is 18.5. The van der Waals surface area contributed by atoms with Gasteiger partial charge in [-0.2, -0.15) is 0 Å². The molecule has 0 aliphatic carbocycles. The van der Waals surface area contributed by atoms with Crippen molar-refractivity contribution in [1.82, 2.24) is 15.1 Å². The molecule has 27 heavy (non-hydrogen) atoms. The number of hydrogen-bond acceptors (Lipinski definition) is 5. The Morgan fingerprint density at radius 3 is 2.85 bits per heavy atom. The molecule has 4 rings (SSSR count). The van der Waals surface area contributed by atoms with E-state index in [1.165, 1.54) is 17.7 Å². The second-order valence-corrected chi connectivity index (χ2v) is 8.83. The van der Waals surface area contributed by atoms with Gasteiger partial charge in [-0.1, -0.05) is 6.07 Å². The first-order valence-corrected chi connectivity index (χ1v) is 11.1. The number of thiophene rings is 1. The van der Waals surface area contributed by atoms with Gasteiger partial charge in [0, 0.05) is 49.6 Å². The second-order valence-electron chi connectivity index (χ2n) is 7.85. The lowest BCUT2D eigenvalue weighted by Crippen LogP contribution is -2.43. The summed E-state index contributed by atoms with van der Waals surface area (Å²) in [6, 6.07) is 4.73. The van der Waals surface area contributed by atoms with Crippen LogP contribution in [0.25, 0.3) is 0 Å². The van der Waals surface area contributed by atoms with Gasteiger partial charge in [-0.3, -0.25) is 9.89 Å². The largest absolute Gasteiger partial charge is 0.381 e. The number of morpholine rings is 1. The number of likely N-dealkylation sites (tertiary alicyclic amines) is 1. The van der Waals surface area contributed by atoms with Crippen molar-refractivity contribution in [3.63, 3.8) is 0 Å². The monoisotopic (exact) mass is 392 g/mol. The molecular weight excluding hydrogens is 360 g/mol. The fourth-order valence-corrected chi connectivity index (χ4v) is 5.29. The summed E-state index contributed by atoms with van der Waals surface area (Å²) < 4.78 is 11.3. The zero-order valence-electron chi connectivity index (χ0n) is 16.4. The van der Waals surface area contributed by atoms with Gasteiger partial charge in [-0.05, 0) is 31.2 Å². The molecule has 0 aromatic carbocycles. The molecule has 3 aliphatic rings. The Hall–Kier alpha value is -1.15. The van der Waals surface area contributed by atoms with Gasteiger partial charge in [0.25, 0.3) is 0 Å². The van der Waals surface area contributed by atoms with Crippen LogP contribution < -0.4 is 5.32 Å². The van der Waals surface area contributed by atoms with Crippen LogP contribution in [-0.4, -0.2) is 81.5 Å². The number of rotatable bonds is 5. The second kappa shape index (κ2) is 8.90. The van der Waals surface area contributed by atoms with E-state index in [-0.39, 0.29) is 0 Å². The number of aliphatic imine (C=N–C) groups is 1. The van der Waals surface area contributed by atoms with Gasteiger partial charge >= 0.3 is 0 Å². The van der Waals surface area contributed by atoms with Crippen LogP contribution in [0.1, 0.15) is 30.7 Å². The van der Waals surface area contributed by atoms with Gasteiger partial charge in [0.05, 0.1) is 32.4 Å². The highest BCUT2D eigenvalue weighted by Gasteiger charge is 2.42. The van der Waals surface area contributed by atoms with E-state index in [2.05, 4.69) is 39.6 Å². The van der Waals surface area contributed by atoms with E-state index < -0.39 is 0 Å². The first-order valence-electron chi connectivity index (χ1n) is 10.3. The first-order chi connectivity index (χ1) is 13.3. The molecule has 3 aliphatic heterocycles. The van der Waals surface area contributed by atoms with Gasteiger partial charge < -0.3 is 19.7 Å². The van der Waals surface area contributed by atoms with Crippen LogP contribution in [0.3, 0.4) is 0 Å². The minimum absolute atomic E-state index is 0.342. The van der Waals surface area contributed by atoms with Crippen molar-refractivity contribution in [3.8, 4) is 0 Å². The van der Waals surface area contributed by atoms with E-state index in [0.29, 0.717) is 11.5 Å². The third-order valence-electron chi connectivity index (χ3n) is 6.03. The van der Waals surface area contributed by atoms with E-state index in [1.807, 2.05) is 11.3 Å². The topological polar surface area (TPSA) is 49.3 Å². The van der Waals surface area contributed by atoms with Gasteiger partial charge in [0.15, 0.2) is 5.96 Å². The number of guanidine groups is 1. The summed E-state index contributed by atoms with van der Waals surface area (Å²) in [6.45, 7) is 11.4. The molecule has 0 bridgehead atoms. The van der Waals surface area contributed by atoms with Crippen LogP contribution in [0.4, 0.5) is 0 Å². The molecule has 150 valence electrons. The van der Waals surface area contributed by atoms with Gasteiger partial charge in [0.2, 0.25) is 0 Å². The molecule has 1 aromatic rings. The molecule has 7 heteroatoms. The predicted molar refractivity (Wildman–Crippen MR) is 109 cm³/mol. The number of ether oxygens (including phenoxy) is 2. The standard InChI is InChI=1S/C20H32N4O2S/c1-2-21-19(24-7-5-20(15-24)6-10-26-16-20)22-14-17(18-4-3-13-27-18)23-8-11-25-12-9-23/h3-4,13,17H,2,5-12,14-16H2,1H3,(H,21,22). The Kier molecular flexibility index (Phi) is 6.32. The molecule has 0 saturated carbocycles. The van der Waals surface area contributed by atoms with Gasteiger partial charge in [-0.15, -0.1) is 11.3 Å². The zero-order valence-corrected chi connectivity index (χ0v) is 17.2. The van der Waals surface area contributed by atoms with E-state index in [0.717, 1.165) is 71.7 Å². The summed E-state index contributed by atoms with van der Waals surface area (Å²) in [4.78, 5) is 11.5.